The third-order valence-electron chi connectivity index (χ3n) is 4.95. The lowest BCUT2D eigenvalue weighted by Gasteiger charge is -2.31. The second-order valence-electron chi connectivity index (χ2n) is 7.11. The van der Waals surface area contributed by atoms with Gasteiger partial charge in [0, 0.05) is 13.1 Å². The molecule has 0 spiro atoms. The van der Waals surface area contributed by atoms with Gasteiger partial charge < -0.3 is 14.7 Å². The Kier molecular flexibility index (Phi) is 7.10. The van der Waals surface area contributed by atoms with Gasteiger partial charge in [-0.25, -0.2) is 0 Å². The van der Waals surface area contributed by atoms with E-state index >= 15 is 0 Å². The molecule has 9 heteroatoms. The number of phenols is 1. The molecule has 0 unspecified atom stereocenters. The number of hydrogen-bond donors (Lipinski definition) is 1. The fraction of sp³-hybridized carbons (Fsp3) is 0.450. The van der Waals surface area contributed by atoms with E-state index in [9.17, 15) is 19.5 Å². The highest BCUT2D eigenvalue weighted by atomic mass is 127. The molecule has 2 saturated heterocycles. The van der Waals surface area contributed by atoms with Crippen LogP contribution in [-0.4, -0.2) is 58.2 Å². The van der Waals surface area contributed by atoms with Gasteiger partial charge in [0.05, 0.1) is 15.1 Å². The molecular weight excluding hydrogens is 507 g/mol. The molecule has 1 aromatic carbocycles. The second kappa shape index (κ2) is 9.38. The van der Waals surface area contributed by atoms with E-state index in [0.29, 0.717) is 40.5 Å². The van der Waals surface area contributed by atoms with Crippen molar-refractivity contribution in [3.63, 3.8) is 0 Å². The molecule has 7 nitrogen and oxygen atoms in total. The van der Waals surface area contributed by atoms with Crippen molar-refractivity contribution in [3.8, 4) is 11.5 Å². The Hall–Kier alpha value is -1.75. The molecule has 2 aliphatic rings. The zero-order valence-corrected chi connectivity index (χ0v) is 19.3. The number of phenolic OH excluding ortho intramolecular Hbond substituents is 1. The topological polar surface area (TPSA) is 87.2 Å². The average molecular weight is 530 g/mol. The van der Waals surface area contributed by atoms with Crippen LogP contribution in [0.15, 0.2) is 17.0 Å². The number of carbonyl (C=O) groups is 3. The van der Waals surface area contributed by atoms with Gasteiger partial charge in [-0.1, -0.05) is 6.92 Å². The van der Waals surface area contributed by atoms with Crippen LogP contribution >= 0.6 is 34.4 Å². The van der Waals surface area contributed by atoms with Crippen molar-refractivity contribution < 1.29 is 24.2 Å². The summed E-state index contributed by atoms with van der Waals surface area (Å²) in [6.45, 7) is 5.46. The lowest BCUT2D eigenvalue weighted by Crippen LogP contribution is -2.45. The van der Waals surface area contributed by atoms with Crippen LogP contribution in [0.4, 0.5) is 4.79 Å². The summed E-state index contributed by atoms with van der Waals surface area (Å²) in [5.41, 5.74) is 0.637. The van der Waals surface area contributed by atoms with E-state index in [-0.39, 0.29) is 23.1 Å². The van der Waals surface area contributed by atoms with Crippen LogP contribution in [-0.2, 0) is 9.59 Å². The first-order valence-electron chi connectivity index (χ1n) is 9.48. The van der Waals surface area contributed by atoms with Crippen molar-refractivity contribution >= 4 is 57.5 Å². The third kappa shape index (κ3) is 5.06. The van der Waals surface area contributed by atoms with Crippen molar-refractivity contribution in [3.05, 3.63) is 26.2 Å². The zero-order valence-electron chi connectivity index (χ0n) is 16.3. The van der Waals surface area contributed by atoms with Gasteiger partial charge in [0.15, 0.2) is 11.5 Å². The number of piperidine rings is 1. The summed E-state index contributed by atoms with van der Waals surface area (Å²) in [4.78, 5) is 40.6. The summed E-state index contributed by atoms with van der Waals surface area (Å²) in [6, 6.07) is 3.32. The van der Waals surface area contributed by atoms with E-state index in [0.717, 1.165) is 29.5 Å². The van der Waals surface area contributed by atoms with Crippen molar-refractivity contribution in [2.45, 2.75) is 26.7 Å². The molecule has 0 saturated carbocycles. The standard InChI is InChI=1S/C20H23IN2O5S/c1-3-28-15-9-13(8-14(21)18(15)25)10-16-19(26)23(20(27)29-16)11-17(24)22-6-4-12(2)5-7-22/h8-10,12,25H,3-7,11H2,1-2H3/b16-10+. The Morgan fingerprint density at radius 3 is 2.69 bits per heavy atom. The fourth-order valence-corrected chi connectivity index (χ4v) is 4.69. The van der Waals surface area contributed by atoms with E-state index < -0.39 is 11.1 Å². The number of nitrogens with zero attached hydrogens (tertiary/aromatic N) is 2. The smallest absolute Gasteiger partial charge is 0.294 e. The molecule has 2 heterocycles. The molecule has 29 heavy (non-hydrogen) atoms. The fourth-order valence-electron chi connectivity index (χ4n) is 3.22. The molecule has 0 aliphatic carbocycles. The number of carbonyl (C=O) groups excluding carboxylic acids is 3. The SMILES string of the molecule is CCOc1cc(/C=C2/SC(=O)N(CC(=O)N3CCC(C)CC3)C2=O)cc(I)c1O. The number of imide groups is 1. The highest BCUT2D eigenvalue weighted by Crippen LogP contribution is 2.36. The predicted octanol–water partition coefficient (Wildman–Crippen LogP) is 3.69. The maximum Gasteiger partial charge on any atom is 0.294 e. The third-order valence-corrected chi connectivity index (χ3v) is 6.68. The van der Waals surface area contributed by atoms with Crippen LogP contribution in [0.2, 0.25) is 0 Å². The normalized spacial score (nSPS) is 19.3. The minimum absolute atomic E-state index is 0.0409. The summed E-state index contributed by atoms with van der Waals surface area (Å²) in [5, 5.41) is 9.61. The summed E-state index contributed by atoms with van der Waals surface area (Å²) >= 11 is 2.80. The van der Waals surface area contributed by atoms with E-state index in [1.54, 1.807) is 23.1 Å². The van der Waals surface area contributed by atoms with Gasteiger partial charge >= 0.3 is 0 Å². The lowest BCUT2D eigenvalue weighted by molar-refractivity contribution is -0.136. The number of amides is 3. The van der Waals surface area contributed by atoms with E-state index in [4.69, 9.17) is 4.74 Å². The van der Waals surface area contributed by atoms with Gasteiger partial charge in [0.1, 0.15) is 6.54 Å². The van der Waals surface area contributed by atoms with Gasteiger partial charge in [-0.3, -0.25) is 19.3 Å². The largest absolute Gasteiger partial charge is 0.504 e. The zero-order chi connectivity index (χ0) is 21.1. The highest BCUT2D eigenvalue weighted by molar-refractivity contribution is 14.1. The molecule has 0 radical (unpaired) electrons. The number of aromatic hydroxyl groups is 1. The molecular formula is C20H23IN2O5S. The van der Waals surface area contributed by atoms with Crippen LogP contribution in [0.3, 0.4) is 0 Å². The molecule has 0 aromatic heterocycles. The number of likely N-dealkylation sites (tertiary alicyclic amines) is 1. The van der Waals surface area contributed by atoms with Gasteiger partial charge in [-0.05, 0) is 83.8 Å². The quantitative estimate of drug-likeness (QED) is 0.462. The Bertz CT molecular complexity index is 865. The minimum atomic E-state index is -0.472. The van der Waals surface area contributed by atoms with Crippen LogP contribution in [0.1, 0.15) is 32.3 Å². The molecule has 2 aliphatic heterocycles. The number of rotatable bonds is 5. The lowest BCUT2D eigenvalue weighted by atomic mass is 9.99. The Balaban J connectivity index is 1.74. The number of halogens is 1. The maximum absolute atomic E-state index is 12.7. The Labute approximate surface area is 187 Å². The van der Waals surface area contributed by atoms with Gasteiger partial charge in [0.25, 0.3) is 11.1 Å². The number of benzene rings is 1. The monoisotopic (exact) mass is 530 g/mol. The van der Waals surface area contributed by atoms with Crippen LogP contribution in [0.25, 0.3) is 6.08 Å². The van der Waals surface area contributed by atoms with Gasteiger partial charge in [-0.2, -0.15) is 0 Å². The first kappa shape index (κ1) is 21.9. The second-order valence-corrected chi connectivity index (χ2v) is 9.27. The number of thioether (sulfide) groups is 1. The van der Waals surface area contributed by atoms with Gasteiger partial charge in [0.2, 0.25) is 5.91 Å². The summed E-state index contributed by atoms with van der Waals surface area (Å²) in [7, 11) is 0. The molecule has 1 N–H and O–H groups in total. The molecule has 156 valence electrons. The van der Waals surface area contributed by atoms with E-state index in [1.807, 2.05) is 29.5 Å². The molecule has 3 rings (SSSR count). The van der Waals surface area contributed by atoms with Crippen LogP contribution < -0.4 is 4.74 Å². The number of ether oxygens (including phenoxy) is 1. The molecule has 0 bridgehead atoms. The Morgan fingerprint density at radius 1 is 1.34 bits per heavy atom. The van der Waals surface area contributed by atoms with Crippen LogP contribution in [0.5, 0.6) is 11.5 Å². The van der Waals surface area contributed by atoms with Crippen molar-refractivity contribution in [2.75, 3.05) is 26.2 Å². The first-order chi connectivity index (χ1) is 13.8. The molecule has 2 fully saturated rings. The van der Waals surface area contributed by atoms with Gasteiger partial charge in [-0.15, -0.1) is 0 Å². The summed E-state index contributed by atoms with van der Waals surface area (Å²) in [5.74, 6) is 0.283. The van der Waals surface area contributed by atoms with Crippen molar-refractivity contribution in [2.24, 2.45) is 5.92 Å². The maximum atomic E-state index is 12.7. The predicted molar refractivity (Wildman–Crippen MR) is 120 cm³/mol. The Morgan fingerprint density at radius 2 is 2.03 bits per heavy atom. The molecule has 3 amide bonds. The minimum Gasteiger partial charge on any atom is -0.504 e. The molecule has 0 atom stereocenters. The van der Waals surface area contributed by atoms with E-state index in [2.05, 4.69) is 6.92 Å². The molecule has 1 aromatic rings. The number of hydrogen-bond acceptors (Lipinski definition) is 6. The van der Waals surface area contributed by atoms with Crippen LogP contribution in [0, 0.1) is 9.49 Å². The summed E-state index contributed by atoms with van der Waals surface area (Å²) < 4.78 is 5.99. The van der Waals surface area contributed by atoms with E-state index in [1.165, 1.54) is 0 Å². The first-order valence-corrected chi connectivity index (χ1v) is 11.4. The summed E-state index contributed by atoms with van der Waals surface area (Å²) in [6.07, 6.45) is 3.46. The van der Waals surface area contributed by atoms with Crippen molar-refractivity contribution in [1.82, 2.24) is 9.80 Å². The highest BCUT2D eigenvalue weighted by Gasteiger charge is 2.37. The van der Waals surface area contributed by atoms with Crippen molar-refractivity contribution in [1.29, 1.82) is 0 Å². The average Bonchev–Trinajstić information content (AvgIpc) is 2.93.